The molecule has 3 nitrogen and oxygen atoms in total. The Kier molecular flexibility index (Phi) is 2.98. The summed E-state index contributed by atoms with van der Waals surface area (Å²) in [5.74, 6) is 0.776. The normalized spacial score (nSPS) is 10.8. The lowest BCUT2D eigenvalue weighted by Gasteiger charge is -2.04. The van der Waals surface area contributed by atoms with Crippen LogP contribution in [0.15, 0.2) is 12.1 Å². The smallest absolute Gasteiger partial charge is 0.181 e. The van der Waals surface area contributed by atoms with E-state index in [-0.39, 0.29) is 0 Å². The van der Waals surface area contributed by atoms with Gasteiger partial charge in [0.1, 0.15) is 11.3 Å². The molecule has 2 aromatic rings. The van der Waals surface area contributed by atoms with Crippen LogP contribution in [0.5, 0.6) is 5.75 Å². The number of benzene rings is 1. The molecule has 0 aliphatic heterocycles. The zero-order valence-corrected chi connectivity index (χ0v) is 9.86. The van der Waals surface area contributed by atoms with Gasteiger partial charge in [-0.05, 0) is 12.5 Å². The number of hydrogen-bond acceptors (Lipinski definition) is 4. The fourth-order valence-electron chi connectivity index (χ4n) is 1.29. The maximum atomic E-state index is 6.06. The molecule has 0 saturated carbocycles. The minimum atomic E-state index is 0.527. The first-order valence-corrected chi connectivity index (χ1v) is 5.88. The average Bonchev–Trinajstić information content (AvgIpc) is 2.56. The van der Waals surface area contributed by atoms with E-state index in [1.165, 1.54) is 11.3 Å². The molecule has 80 valence electrons. The van der Waals surface area contributed by atoms with E-state index < -0.39 is 0 Å². The number of nitrogens with zero attached hydrogens (tertiary/aromatic N) is 1. The standard InChI is InChI=1S/C10H11ClN2OS/c1-2-3-14-6-4-7(11)9-8(5-6)15-10(12)13-9/h4-5H,2-3H2,1H3,(H2,12,13). The summed E-state index contributed by atoms with van der Waals surface area (Å²) in [6.45, 7) is 2.75. The van der Waals surface area contributed by atoms with Gasteiger partial charge in [-0.3, -0.25) is 0 Å². The second kappa shape index (κ2) is 4.24. The number of nitrogens with two attached hydrogens (primary N) is 1. The van der Waals surface area contributed by atoms with Gasteiger partial charge in [-0.1, -0.05) is 29.9 Å². The minimum Gasteiger partial charge on any atom is -0.494 e. The van der Waals surface area contributed by atoms with Gasteiger partial charge in [0.2, 0.25) is 0 Å². The highest BCUT2D eigenvalue weighted by atomic mass is 35.5. The molecule has 0 aliphatic rings. The first kappa shape index (κ1) is 10.5. The van der Waals surface area contributed by atoms with Gasteiger partial charge in [0, 0.05) is 6.07 Å². The Bertz CT molecular complexity index is 483. The molecule has 15 heavy (non-hydrogen) atoms. The van der Waals surface area contributed by atoms with Crippen LogP contribution in [0.25, 0.3) is 10.2 Å². The van der Waals surface area contributed by atoms with E-state index >= 15 is 0 Å². The molecule has 2 N–H and O–H groups in total. The van der Waals surface area contributed by atoms with Crippen molar-refractivity contribution in [3.05, 3.63) is 17.2 Å². The number of nitrogen functional groups attached to an aromatic ring is 1. The van der Waals surface area contributed by atoms with E-state index in [0.717, 1.165) is 22.4 Å². The molecule has 0 fully saturated rings. The van der Waals surface area contributed by atoms with Crippen molar-refractivity contribution in [2.24, 2.45) is 0 Å². The number of ether oxygens (including phenoxy) is 1. The third-order valence-electron chi connectivity index (χ3n) is 1.91. The Morgan fingerprint density at radius 1 is 1.53 bits per heavy atom. The van der Waals surface area contributed by atoms with E-state index in [2.05, 4.69) is 11.9 Å². The van der Waals surface area contributed by atoms with Gasteiger partial charge in [0.05, 0.1) is 16.3 Å². The van der Waals surface area contributed by atoms with E-state index in [1.54, 1.807) is 6.07 Å². The van der Waals surface area contributed by atoms with Gasteiger partial charge in [0.15, 0.2) is 5.13 Å². The largest absolute Gasteiger partial charge is 0.494 e. The fraction of sp³-hybridized carbons (Fsp3) is 0.300. The molecule has 0 amide bonds. The second-order valence-electron chi connectivity index (χ2n) is 3.15. The van der Waals surface area contributed by atoms with Crippen molar-refractivity contribution >= 4 is 38.3 Å². The lowest BCUT2D eigenvalue weighted by atomic mass is 10.3. The van der Waals surface area contributed by atoms with Crippen LogP contribution in [0.1, 0.15) is 13.3 Å². The van der Waals surface area contributed by atoms with E-state index in [0.29, 0.717) is 16.8 Å². The Hall–Kier alpha value is -1.00. The van der Waals surface area contributed by atoms with Crippen LogP contribution in [-0.4, -0.2) is 11.6 Å². The quantitative estimate of drug-likeness (QED) is 0.898. The number of aromatic nitrogens is 1. The van der Waals surface area contributed by atoms with Crippen molar-refractivity contribution < 1.29 is 4.74 Å². The highest BCUT2D eigenvalue weighted by Gasteiger charge is 2.07. The molecule has 0 aliphatic carbocycles. The summed E-state index contributed by atoms with van der Waals surface area (Å²) in [5, 5.41) is 1.12. The lowest BCUT2D eigenvalue weighted by Crippen LogP contribution is -1.94. The van der Waals surface area contributed by atoms with Crippen LogP contribution in [0.3, 0.4) is 0 Å². The average molecular weight is 243 g/mol. The monoisotopic (exact) mass is 242 g/mol. The third kappa shape index (κ3) is 2.16. The summed E-state index contributed by atoms with van der Waals surface area (Å²) in [6, 6.07) is 3.70. The first-order valence-electron chi connectivity index (χ1n) is 4.69. The zero-order chi connectivity index (χ0) is 10.8. The van der Waals surface area contributed by atoms with Crippen molar-refractivity contribution in [3.63, 3.8) is 0 Å². The SMILES string of the molecule is CCCOc1cc(Cl)c2nc(N)sc2c1. The van der Waals surface area contributed by atoms with Gasteiger partial charge >= 0.3 is 0 Å². The summed E-state index contributed by atoms with van der Waals surface area (Å²) >= 11 is 7.48. The number of rotatable bonds is 3. The number of halogens is 1. The summed E-state index contributed by atoms with van der Waals surface area (Å²) in [5.41, 5.74) is 6.37. The molecule has 0 atom stereocenters. The van der Waals surface area contributed by atoms with Gasteiger partial charge in [0.25, 0.3) is 0 Å². The molecular formula is C10H11ClN2OS. The molecule has 1 aromatic carbocycles. The number of hydrogen-bond donors (Lipinski definition) is 1. The molecular weight excluding hydrogens is 232 g/mol. The summed E-state index contributed by atoms with van der Waals surface area (Å²) < 4.78 is 6.47. The molecule has 1 heterocycles. The molecule has 5 heteroatoms. The van der Waals surface area contributed by atoms with Gasteiger partial charge in [-0.2, -0.15) is 0 Å². The Morgan fingerprint density at radius 2 is 2.33 bits per heavy atom. The highest BCUT2D eigenvalue weighted by Crippen LogP contribution is 2.33. The van der Waals surface area contributed by atoms with Crippen molar-refractivity contribution in [2.75, 3.05) is 12.3 Å². The van der Waals surface area contributed by atoms with Crippen LogP contribution < -0.4 is 10.5 Å². The third-order valence-corrected chi connectivity index (χ3v) is 3.03. The Labute approximate surface area is 96.8 Å². The second-order valence-corrected chi connectivity index (χ2v) is 4.62. The van der Waals surface area contributed by atoms with Crippen molar-refractivity contribution in [3.8, 4) is 5.75 Å². The topological polar surface area (TPSA) is 48.1 Å². The number of fused-ring (bicyclic) bond motifs is 1. The Balaban J connectivity index is 2.42. The molecule has 0 bridgehead atoms. The van der Waals surface area contributed by atoms with Gasteiger partial charge in [-0.15, -0.1) is 0 Å². The zero-order valence-electron chi connectivity index (χ0n) is 8.29. The predicted molar refractivity (Wildman–Crippen MR) is 64.8 cm³/mol. The van der Waals surface area contributed by atoms with Crippen LogP contribution in [0.2, 0.25) is 5.02 Å². The fourth-order valence-corrected chi connectivity index (χ4v) is 2.38. The number of thiazole rings is 1. The van der Waals surface area contributed by atoms with Crippen LogP contribution in [0.4, 0.5) is 5.13 Å². The maximum Gasteiger partial charge on any atom is 0.181 e. The molecule has 0 radical (unpaired) electrons. The molecule has 1 aromatic heterocycles. The van der Waals surface area contributed by atoms with E-state index in [1.807, 2.05) is 6.07 Å². The lowest BCUT2D eigenvalue weighted by molar-refractivity contribution is 0.318. The van der Waals surface area contributed by atoms with E-state index in [4.69, 9.17) is 22.1 Å². The van der Waals surface area contributed by atoms with Gasteiger partial charge in [-0.25, -0.2) is 4.98 Å². The molecule has 2 rings (SSSR count). The Morgan fingerprint density at radius 3 is 3.07 bits per heavy atom. The van der Waals surface area contributed by atoms with Crippen molar-refractivity contribution in [1.82, 2.24) is 4.98 Å². The predicted octanol–water partition coefficient (Wildman–Crippen LogP) is 3.32. The molecule has 0 saturated heterocycles. The summed E-state index contributed by atoms with van der Waals surface area (Å²) in [4.78, 5) is 4.14. The van der Waals surface area contributed by atoms with Crippen LogP contribution >= 0.6 is 22.9 Å². The van der Waals surface area contributed by atoms with Gasteiger partial charge < -0.3 is 10.5 Å². The number of anilines is 1. The molecule has 0 spiro atoms. The molecule has 0 unspecified atom stereocenters. The maximum absolute atomic E-state index is 6.06. The van der Waals surface area contributed by atoms with E-state index in [9.17, 15) is 0 Å². The first-order chi connectivity index (χ1) is 7.20. The van der Waals surface area contributed by atoms with Crippen LogP contribution in [0, 0.1) is 0 Å². The summed E-state index contributed by atoms with van der Waals surface area (Å²) in [7, 11) is 0. The van der Waals surface area contributed by atoms with Crippen LogP contribution in [-0.2, 0) is 0 Å². The highest BCUT2D eigenvalue weighted by molar-refractivity contribution is 7.22. The van der Waals surface area contributed by atoms with Crippen molar-refractivity contribution in [1.29, 1.82) is 0 Å². The minimum absolute atomic E-state index is 0.527. The summed E-state index contributed by atoms with van der Waals surface area (Å²) in [6.07, 6.45) is 0.973. The van der Waals surface area contributed by atoms with Crippen molar-refractivity contribution in [2.45, 2.75) is 13.3 Å².